The lowest BCUT2D eigenvalue weighted by Gasteiger charge is -2.67. The van der Waals surface area contributed by atoms with E-state index in [1.807, 2.05) is 12.1 Å². The Hall–Kier alpha value is -1.95. The van der Waals surface area contributed by atoms with Gasteiger partial charge in [0.25, 0.3) is 0 Å². The third-order valence-electron chi connectivity index (χ3n) is 14.3. The van der Waals surface area contributed by atoms with Gasteiger partial charge in [0.1, 0.15) is 5.82 Å². The van der Waals surface area contributed by atoms with E-state index < -0.39 is 0 Å². The summed E-state index contributed by atoms with van der Waals surface area (Å²) in [7, 11) is 4.26. The van der Waals surface area contributed by atoms with Crippen LogP contribution in [0.15, 0.2) is 41.6 Å². The topological polar surface area (TPSA) is 58.4 Å². The van der Waals surface area contributed by atoms with Crippen LogP contribution in [0.25, 0.3) is 11.3 Å². The number of hydrogen-bond donors (Lipinski definition) is 1. The first-order valence-electron chi connectivity index (χ1n) is 18.2. The van der Waals surface area contributed by atoms with Crippen LogP contribution in [0.2, 0.25) is 5.02 Å². The fourth-order valence-electron chi connectivity index (χ4n) is 12.3. The van der Waals surface area contributed by atoms with Gasteiger partial charge in [0.05, 0.1) is 23.4 Å². The second-order valence-electron chi connectivity index (χ2n) is 17.1. The van der Waals surface area contributed by atoms with Crippen molar-refractivity contribution >= 4 is 17.4 Å². The highest BCUT2D eigenvalue weighted by Crippen LogP contribution is 2.71. The van der Waals surface area contributed by atoms with E-state index in [4.69, 9.17) is 16.6 Å². The van der Waals surface area contributed by atoms with Crippen LogP contribution in [0.3, 0.4) is 0 Å². The highest BCUT2D eigenvalue weighted by atomic mass is 35.5. The van der Waals surface area contributed by atoms with Crippen molar-refractivity contribution in [2.75, 3.05) is 20.6 Å². The van der Waals surface area contributed by atoms with Crippen LogP contribution >= 0.6 is 11.6 Å². The number of aromatic nitrogens is 2. The Morgan fingerprint density at radius 2 is 1.67 bits per heavy atom. The predicted molar refractivity (Wildman–Crippen MR) is 187 cm³/mol. The second kappa shape index (κ2) is 11.6. The molecule has 0 aliphatic heterocycles. The van der Waals surface area contributed by atoms with Crippen LogP contribution < -0.4 is 0 Å². The SMILES string of the molecule is CC(C)C1=C2C3CCC4C(C)(CCC5C(C)C(O)CCC54C)C3CCC2(c2ncc(-c3ccc(Cl)cc3)n2CCN(C)C)CC1=O. The molecule has 1 aromatic carbocycles. The van der Waals surface area contributed by atoms with Gasteiger partial charge >= 0.3 is 0 Å². The molecule has 1 N–H and O–H groups in total. The maximum absolute atomic E-state index is 14.3. The van der Waals surface area contributed by atoms with Gasteiger partial charge in [-0.15, -0.1) is 0 Å². The first kappa shape index (κ1) is 32.6. The predicted octanol–water partition coefficient (Wildman–Crippen LogP) is 8.58. The van der Waals surface area contributed by atoms with Gasteiger partial charge in [0.2, 0.25) is 0 Å². The molecule has 2 aromatic rings. The number of aliphatic hydroxyl groups excluding tert-OH is 1. The van der Waals surface area contributed by atoms with E-state index in [2.05, 4.69) is 76.5 Å². The Morgan fingerprint density at radius 3 is 2.37 bits per heavy atom. The van der Waals surface area contributed by atoms with Crippen molar-refractivity contribution in [2.45, 2.75) is 110 Å². The zero-order chi connectivity index (χ0) is 32.8. The first-order chi connectivity index (χ1) is 21.8. The van der Waals surface area contributed by atoms with Crippen molar-refractivity contribution in [3.8, 4) is 11.3 Å². The molecule has 0 bridgehead atoms. The maximum Gasteiger partial charge on any atom is 0.160 e. The van der Waals surface area contributed by atoms with E-state index in [1.54, 1.807) is 0 Å². The summed E-state index contributed by atoms with van der Waals surface area (Å²) in [6.07, 6.45) is 11.6. The fraction of sp³-hybridized carbons (Fsp3) is 0.700. The number of rotatable bonds is 6. The molecule has 5 nitrogen and oxygen atoms in total. The Bertz CT molecular complexity index is 1530. The Morgan fingerprint density at radius 1 is 1.00 bits per heavy atom. The number of carbonyl (C=O) groups is 1. The van der Waals surface area contributed by atoms with E-state index in [9.17, 15) is 9.90 Å². The van der Waals surface area contributed by atoms with Crippen molar-refractivity contribution in [2.24, 2.45) is 46.3 Å². The Kier molecular flexibility index (Phi) is 8.21. The van der Waals surface area contributed by atoms with E-state index in [0.717, 1.165) is 66.5 Å². The molecule has 46 heavy (non-hydrogen) atoms. The van der Waals surface area contributed by atoms with Gasteiger partial charge in [-0.3, -0.25) is 4.79 Å². The summed E-state index contributed by atoms with van der Waals surface area (Å²) in [5.74, 6) is 4.39. The number of benzene rings is 1. The molecule has 9 atom stereocenters. The average molecular weight is 646 g/mol. The highest BCUT2D eigenvalue weighted by molar-refractivity contribution is 6.30. The molecule has 6 heteroatoms. The molecule has 0 spiro atoms. The molecule has 9 unspecified atom stereocenters. The monoisotopic (exact) mass is 645 g/mol. The number of fused-ring (bicyclic) bond motifs is 7. The molecule has 5 aliphatic rings. The third kappa shape index (κ3) is 4.76. The Balaban J connectivity index is 1.33. The summed E-state index contributed by atoms with van der Waals surface area (Å²) >= 11 is 6.30. The minimum Gasteiger partial charge on any atom is -0.393 e. The van der Waals surface area contributed by atoms with Crippen LogP contribution in [0.5, 0.6) is 0 Å². The van der Waals surface area contributed by atoms with Gasteiger partial charge in [0, 0.05) is 24.5 Å². The molecular formula is C40H56ClN3O2. The van der Waals surface area contributed by atoms with Gasteiger partial charge in [-0.2, -0.15) is 0 Å². The smallest absolute Gasteiger partial charge is 0.160 e. The number of likely N-dealkylation sites (N-methyl/N-ethyl adjacent to an activating group) is 1. The lowest BCUT2D eigenvalue weighted by atomic mass is 9.38. The summed E-state index contributed by atoms with van der Waals surface area (Å²) in [4.78, 5) is 21.8. The number of halogens is 1. The van der Waals surface area contributed by atoms with Gasteiger partial charge < -0.3 is 14.6 Å². The number of carbonyl (C=O) groups excluding carboxylic acids is 1. The van der Waals surface area contributed by atoms with E-state index in [0.29, 0.717) is 47.2 Å². The first-order valence-corrected chi connectivity index (χ1v) is 18.6. The van der Waals surface area contributed by atoms with E-state index >= 15 is 0 Å². The van der Waals surface area contributed by atoms with Gasteiger partial charge in [-0.05, 0) is 141 Å². The number of aliphatic hydroxyl groups is 1. The zero-order valence-corrected chi connectivity index (χ0v) is 30.0. The number of imidazole rings is 1. The second-order valence-corrected chi connectivity index (χ2v) is 17.5. The average Bonchev–Trinajstić information content (AvgIpc) is 3.57. The van der Waals surface area contributed by atoms with Crippen LogP contribution in [-0.4, -0.2) is 52.1 Å². The molecule has 4 saturated carbocycles. The largest absolute Gasteiger partial charge is 0.393 e. The maximum atomic E-state index is 14.3. The summed E-state index contributed by atoms with van der Waals surface area (Å²) in [5, 5.41) is 11.6. The van der Waals surface area contributed by atoms with E-state index in [1.165, 1.54) is 31.3 Å². The van der Waals surface area contributed by atoms with Crippen molar-refractivity contribution in [3.05, 3.63) is 52.5 Å². The molecule has 4 fully saturated rings. The molecule has 250 valence electrons. The van der Waals surface area contributed by atoms with Crippen molar-refractivity contribution < 1.29 is 9.90 Å². The van der Waals surface area contributed by atoms with Crippen LogP contribution in [-0.2, 0) is 16.8 Å². The summed E-state index contributed by atoms with van der Waals surface area (Å²) in [6, 6.07) is 8.13. The summed E-state index contributed by atoms with van der Waals surface area (Å²) in [5.41, 5.74) is 5.06. The van der Waals surface area contributed by atoms with Crippen LogP contribution in [0.4, 0.5) is 0 Å². The van der Waals surface area contributed by atoms with Gasteiger partial charge in [-0.25, -0.2) is 4.98 Å². The van der Waals surface area contributed by atoms with Crippen LogP contribution in [0.1, 0.15) is 98.2 Å². The number of ketones is 1. The highest BCUT2D eigenvalue weighted by Gasteiger charge is 2.65. The molecule has 0 saturated heterocycles. The quantitative estimate of drug-likeness (QED) is 0.342. The molecular weight excluding hydrogens is 590 g/mol. The minimum atomic E-state index is -0.331. The summed E-state index contributed by atoms with van der Waals surface area (Å²) < 4.78 is 2.45. The molecule has 0 radical (unpaired) electrons. The molecule has 7 rings (SSSR count). The van der Waals surface area contributed by atoms with Gasteiger partial charge in [-0.1, -0.05) is 58.4 Å². The minimum absolute atomic E-state index is 0.147. The molecule has 1 aromatic heterocycles. The van der Waals surface area contributed by atoms with Crippen molar-refractivity contribution in [3.63, 3.8) is 0 Å². The lowest BCUT2D eigenvalue weighted by molar-refractivity contribution is -0.177. The fourth-order valence-corrected chi connectivity index (χ4v) is 12.4. The number of Topliss-reactive ketones (excluding diaryl/α,β-unsaturated/α-hetero) is 1. The standard InChI is InChI=1S/C40H56ClN3O2/c1-24(2)35-33(46)22-40(37-42-23-31(44(37)21-20-43(6)7)26-8-10-27(41)11-9-26)19-15-30-28(36(35)40)12-13-34-38(4)18-16-32(45)25(3)29(38)14-17-39(30,34)5/h8-11,23-25,28-30,32,34,45H,12-22H2,1-7H3. The van der Waals surface area contributed by atoms with Gasteiger partial charge in [0.15, 0.2) is 5.78 Å². The number of hydrogen-bond acceptors (Lipinski definition) is 4. The van der Waals surface area contributed by atoms with Crippen LogP contribution in [0, 0.1) is 46.3 Å². The van der Waals surface area contributed by atoms with E-state index in [-0.39, 0.29) is 22.9 Å². The lowest BCUT2D eigenvalue weighted by Crippen LogP contribution is -2.60. The third-order valence-corrected chi connectivity index (χ3v) is 14.6. The summed E-state index contributed by atoms with van der Waals surface area (Å²) in [6.45, 7) is 13.8. The number of nitrogens with zero attached hydrogens (tertiary/aromatic N) is 3. The number of allylic oxidation sites excluding steroid dienone is 2. The Labute approximate surface area is 282 Å². The molecule has 5 aliphatic carbocycles. The molecule has 0 amide bonds. The normalized spacial score (nSPS) is 39.0. The van der Waals surface area contributed by atoms with Crippen molar-refractivity contribution in [1.82, 2.24) is 14.5 Å². The molecule has 1 heterocycles. The zero-order valence-electron chi connectivity index (χ0n) is 29.3. The van der Waals surface area contributed by atoms with Crippen molar-refractivity contribution in [1.29, 1.82) is 0 Å².